The van der Waals surface area contributed by atoms with Gasteiger partial charge in [-0.2, -0.15) is 0 Å². The van der Waals surface area contributed by atoms with Crippen LogP contribution in [0.3, 0.4) is 0 Å². The van der Waals surface area contributed by atoms with Crippen molar-refractivity contribution in [2.45, 2.75) is 0 Å². The molecule has 0 saturated carbocycles. The lowest BCUT2D eigenvalue weighted by Gasteiger charge is -1.89. The highest BCUT2D eigenvalue weighted by Gasteiger charge is 2.01. The van der Waals surface area contributed by atoms with Crippen LogP contribution in [0, 0.1) is 0 Å². The Balaban J connectivity index is 1.93. The number of nitrogens with one attached hydrogen (secondary N) is 1. The van der Waals surface area contributed by atoms with Crippen LogP contribution in [0.25, 0.3) is 23.3 Å². The van der Waals surface area contributed by atoms with Gasteiger partial charge in [0.25, 0.3) is 0 Å². The number of hydrogen-bond acceptors (Lipinski definition) is 2. The number of halogens is 1. The summed E-state index contributed by atoms with van der Waals surface area (Å²) in [4.78, 5) is 11.9. The van der Waals surface area contributed by atoms with Gasteiger partial charge in [-0.3, -0.25) is 0 Å². The van der Waals surface area contributed by atoms with Crippen LogP contribution in [0.1, 0.15) is 11.4 Å². The van der Waals surface area contributed by atoms with E-state index in [4.69, 9.17) is 0 Å². The second-order valence-electron chi connectivity index (χ2n) is 3.89. The summed E-state index contributed by atoms with van der Waals surface area (Å²) in [6, 6.07) is 12.1. The van der Waals surface area contributed by atoms with Crippen molar-refractivity contribution in [3.8, 4) is 0 Å². The maximum atomic E-state index is 4.45. The summed E-state index contributed by atoms with van der Waals surface area (Å²) in [6.45, 7) is 0. The molecule has 3 aromatic rings. The minimum Gasteiger partial charge on any atom is -0.323 e. The first-order valence-electron chi connectivity index (χ1n) is 5.56. The average molecular weight is 300 g/mol. The Morgan fingerprint density at radius 3 is 2.78 bits per heavy atom. The van der Waals surface area contributed by atoms with Crippen LogP contribution in [-0.2, 0) is 0 Å². The van der Waals surface area contributed by atoms with Crippen molar-refractivity contribution in [3.63, 3.8) is 0 Å². The second kappa shape index (κ2) is 4.74. The molecule has 0 radical (unpaired) electrons. The standard InChI is InChI=1S/C14H10BrN3/c15-11-8-12-14(16-9-11)18-13(17-12)7-6-10-4-2-1-3-5-10/h1-9H,(H,16,17,18)/b7-6+. The molecule has 0 aliphatic rings. The fourth-order valence-electron chi connectivity index (χ4n) is 1.71. The first-order chi connectivity index (χ1) is 8.81. The molecule has 0 aliphatic heterocycles. The van der Waals surface area contributed by atoms with Crippen molar-refractivity contribution in [1.82, 2.24) is 15.0 Å². The molecular formula is C14H10BrN3. The minimum atomic E-state index is 0.797. The minimum absolute atomic E-state index is 0.797. The number of rotatable bonds is 2. The Hall–Kier alpha value is -1.94. The van der Waals surface area contributed by atoms with Crippen LogP contribution in [0.4, 0.5) is 0 Å². The Kier molecular flexibility index (Phi) is 2.94. The monoisotopic (exact) mass is 299 g/mol. The molecule has 0 spiro atoms. The van der Waals surface area contributed by atoms with Crippen molar-refractivity contribution in [2.75, 3.05) is 0 Å². The topological polar surface area (TPSA) is 41.6 Å². The van der Waals surface area contributed by atoms with Gasteiger partial charge in [-0.1, -0.05) is 36.4 Å². The molecular weight excluding hydrogens is 290 g/mol. The first kappa shape index (κ1) is 11.2. The molecule has 0 unspecified atom stereocenters. The predicted octanol–water partition coefficient (Wildman–Crippen LogP) is 3.89. The van der Waals surface area contributed by atoms with E-state index < -0.39 is 0 Å². The van der Waals surface area contributed by atoms with Gasteiger partial charge >= 0.3 is 0 Å². The fourth-order valence-corrected chi connectivity index (χ4v) is 2.03. The number of pyridine rings is 1. The van der Waals surface area contributed by atoms with Gasteiger partial charge < -0.3 is 4.98 Å². The Bertz CT molecular complexity index is 701. The summed E-state index contributed by atoms with van der Waals surface area (Å²) in [5, 5.41) is 0. The third-order valence-corrected chi connectivity index (χ3v) is 2.99. The molecule has 0 bridgehead atoms. The highest BCUT2D eigenvalue weighted by atomic mass is 79.9. The maximum absolute atomic E-state index is 4.45. The van der Waals surface area contributed by atoms with E-state index in [-0.39, 0.29) is 0 Å². The Morgan fingerprint density at radius 1 is 1.11 bits per heavy atom. The number of hydrogen-bond donors (Lipinski definition) is 1. The number of aromatic nitrogens is 3. The van der Waals surface area contributed by atoms with Gasteiger partial charge in [-0.05, 0) is 33.6 Å². The van der Waals surface area contributed by atoms with Gasteiger partial charge in [0.05, 0.1) is 0 Å². The third kappa shape index (κ3) is 2.33. The molecule has 0 atom stereocenters. The molecule has 88 valence electrons. The van der Waals surface area contributed by atoms with E-state index in [1.807, 2.05) is 48.6 Å². The molecule has 1 aromatic carbocycles. The van der Waals surface area contributed by atoms with Gasteiger partial charge in [0.2, 0.25) is 0 Å². The van der Waals surface area contributed by atoms with Gasteiger partial charge in [-0.15, -0.1) is 0 Å². The number of benzene rings is 1. The van der Waals surface area contributed by atoms with Crippen molar-refractivity contribution in [3.05, 3.63) is 58.5 Å². The van der Waals surface area contributed by atoms with Gasteiger partial charge in [0, 0.05) is 10.7 Å². The molecule has 2 heterocycles. The number of imidazole rings is 1. The fraction of sp³-hybridized carbons (Fsp3) is 0. The zero-order valence-corrected chi connectivity index (χ0v) is 11.1. The lowest BCUT2D eigenvalue weighted by molar-refractivity contribution is 1.27. The maximum Gasteiger partial charge on any atom is 0.157 e. The van der Waals surface area contributed by atoms with Crippen LogP contribution in [-0.4, -0.2) is 15.0 Å². The van der Waals surface area contributed by atoms with Crippen LogP contribution < -0.4 is 0 Å². The van der Waals surface area contributed by atoms with Crippen LogP contribution in [0.15, 0.2) is 47.1 Å². The van der Waals surface area contributed by atoms with E-state index >= 15 is 0 Å². The van der Waals surface area contributed by atoms with E-state index in [0.717, 1.165) is 27.0 Å². The molecule has 18 heavy (non-hydrogen) atoms. The Morgan fingerprint density at radius 2 is 1.94 bits per heavy atom. The van der Waals surface area contributed by atoms with Gasteiger partial charge in [0.15, 0.2) is 5.65 Å². The quantitative estimate of drug-likeness (QED) is 0.780. The highest BCUT2D eigenvalue weighted by Crippen LogP contribution is 2.16. The molecule has 1 N–H and O–H groups in total. The zero-order chi connectivity index (χ0) is 12.4. The smallest absolute Gasteiger partial charge is 0.157 e. The molecule has 0 aliphatic carbocycles. The molecule has 0 fully saturated rings. The lowest BCUT2D eigenvalue weighted by atomic mass is 10.2. The summed E-state index contributed by atoms with van der Waals surface area (Å²) in [6.07, 6.45) is 5.73. The van der Waals surface area contributed by atoms with E-state index in [0.29, 0.717) is 0 Å². The second-order valence-corrected chi connectivity index (χ2v) is 4.80. The van der Waals surface area contributed by atoms with Gasteiger partial charge in [0.1, 0.15) is 11.3 Å². The number of aromatic amines is 1. The normalized spacial score (nSPS) is 11.4. The highest BCUT2D eigenvalue weighted by molar-refractivity contribution is 9.10. The van der Waals surface area contributed by atoms with E-state index in [2.05, 4.69) is 30.9 Å². The SMILES string of the molecule is Brc1cnc2[nH]c(/C=C/c3ccccc3)nc2c1. The van der Waals surface area contributed by atoms with E-state index in [1.165, 1.54) is 0 Å². The molecule has 0 amide bonds. The van der Waals surface area contributed by atoms with Crippen LogP contribution >= 0.6 is 15.9 Å². The van der Waals surface area contributed by atoms with E-state index in [9.17, 15) is 0 Å². The summed E-state index contributed by atoms with van der Waals surface area (Å²) in [5.74, 6) is 0.805. The van der Waals surface area contributed by atoms with E-state index in [1.54, 1.807) is 6.20 Å². The molecule has 3 rings (SSSR count). The summed E-state index contributed by atoms with van der Waals surface area (Å²) in [7, 11) is 0. The summed E-state index contributed by atoms with van der Waals surface area (Å²) in [5.41, 5.74) is 2.80. The molecule has 4 heteroatoms. The number of nitrogens with zero attached hydrogens (tertiary/aromatic N) is 2. The van der Waals surface area contributed by atoms with Gasteiger partial charge in [-0.25, -0.2) is 9.97 Å². The molecule has 2 aromatic heterocycles. The largest absolute Gasteiger partial charge is 0.323 e. The molecule has 3 nitrogen and oxygen atoms in total. The summed E-state index contributed by atoms with van der Waals surface area (Å²) >= 11 is 3.38. The zero-order valence-electron chi connectivity index (χ0n) is 9.47. The van der Waals surface area contributed by atoms with Crippen molar-refractivity contribution in [1.29, 1.82) is 0 Å². The first-order valence-corrected chi connectivity index (χ1v) is 6.35. The third-order valence-electron chi connectivity index (χ3n) is 2.55. The Labute approximate surface area is 113 Å². The van der Waals surface area contributed by atoms with Crippen molar-refractivity contribution >= 4 is 39.2 Å². The van der Waals surface area contributed by atoms with Crippen molar-refractivity contribution < 1.29 is 0 Å². The number of H-pyrrole nitrogens is 1. The lowest BCUT2D eigenvalue weighted by Crippen LogP contribution is -1.75. The number of fused-ring (bicyclic) bond motifs is 1. The van der Waals surface area contributed by atoms with Crippen LogP contribution in [0.5, 0.6) is 0 Å². The predicted molar refractivity (Wildman–Crippen MR) is 77.0 cm³/mol. The molecule has 0 saturated heterocycles. The average Bonchev–Trinajstić information content (AvgIpc) is 2.79. The van der Waals surface area contributed by atoms with Crippen LogP contribution in [0.2, 0.25) is 0 Å². The van der Waals surface area contributed by atoms with Crippen molar-refractivity contribution in [2.24, 2.45) is 0 Å². The summed E-state index contributed by atoms with van der Waals surface area (Å²) < 4.78 is 0.931.